The number of hydrogen-bond acceptors (Lipinski definition) is 6. The van der Waals surface area contributed by atoms with Gasteiger partial charge in [-0.1, -0.05) is 6.92 Å². The van der Waals surface area contributed by atoms with E-state index in [-0.39, 0.29) is 5.91 Å². The van der Waals surface area contributed by atoms with Crippen LogP contribution in [0.25, 0.3) is 10.2 Å². The predicted molar refractivity (Wildman–Crippen MR) is 112 cm³/mol. The molecule has 4 rings (SSSR count). The first-order chi connectivity index (χ1) is 12.9. The van der Waals surface area contributed by atoms with Crippen molar-refractivity contribution in [3.05, 3.63) is 38.2 Å². The Balaban J connectivity index is 1.72. The summed E-state index contributed by atoms with van der Waals surface area (Å²) in [5.74, 6) is 0.345. The van der Waals surface area contributed by atoms with Gasteiger partial charge in [-0.25, -0.2) is 4.98 Å². The highest BCUT2D eigenvalue weighted by Crippen LogP contribution is 2.40. The lowest BCUT2D eigenvalue weighted by atomic mass is 9.89. The number of amides is 1. The second-order valence-electron chi connectivity index (χ2n) is 7.23. The molecule has 0 spiro atoms. The van der Waals surface area contributed by atoms with E-state index in [0.717, 1.165) is 46.3 Å². The van der Waals surface area contributed by atoms with E-state index in [9.17, 15) is 10.1 Å². The van der Waals surface area contributed by atoms with Crippen molar-refractivity contribution in [2.75, 3.05) is 11.1 Å². The van der Waals surface area contributed by atoms with Gasteiger partial charge in [0.05, 0.1) is 11.3 Å². The van der Waals surface area contributed by atoms with Gasteiger partial charge in [-0.05, 0) is 56.2 Å². The van der Waals surface area contributed by atoms with Crippen molar-refractivity contribution in [3.63, 3.8) is 0 Å². The number of nitrogens with two attached hydrogens (primary N) is 1. The van der Waals surface area contributed by atoms with Crippen LogP contribution in [0.15, 0.2) is 6.07 Å². The Hall–Kier alpha value is -2.43. The van der Waals surface area contributed by atoms with E-state index < -0.39 is 0 Å². The Morgan fingerprint density at radius 1 is 1.41 bits per heavy atom. The van der Waals surface area contributed by atoms with Gasteiger partial charge in [0.2, 0.25) is 0 Å². The normalized spacial score (nSPS) is 16.1. The molecule has 3 aromatic heterocycles. The van der Waals surface area contributed by atoms with E-state index >= 15 is 0 Å². The molecule has 3 heterocycles. The van der Waals surface area contributed by atoms with E-state index in [0.29, 0.717) is 27.0 Å². The fourth-order valence-electron chi connectivity index (χ4n) is 3.75. The van der Waals surface area contributed by atoms with Gasteiger partial charge in [0, 0.05) is 16.0 Å². The molecule has 5 nitrogen and oxygen atoms in total. The molecule has 138 valence electrons. The summed E-state index contributed by atoms with van der Waals surface area (Å²) in [5.41, 5.74) is 10.4. The molecule has 27 heavy (non-hydrogen) atoms. The Morgan fingerprint density at radius 2 is 2.19 bits per heavy atom. The molecule has 0 aromatic carbocycles. The highest BCUT2D eigenvalue weighted by molar-refractivity contribution is 7.21. The standard InChI is InChI=1S/C20H20N4OS2/c1-9-4-5-12-13(8-21)19(26-14(12)6-9)24-18(25)17-16(22)15-10(2)7-11(3)23-20(15)27-17/h7,9H,4-6,22H2,1-3H3,(H,24,25). The summed E-state index contributed by atoms with van der Waals surface area (Å²) >= 11 is 2.83. The maximum absolute atomic E-state index is 12.9. The van der Waals surface area contributed by atoms with Gasteiger partial charge in [-0.3, -0.25) is 4.79 Å². The number of hydrogen-bond donors (Lipinski definition) is 2. The largest absolute Gasteiger partial charge is 0.397 e. The Morgan fingerprint density at radius 3 is 2.93 bits per heavy atom. The molecular weight excluding hydrogens is 376 g/mol. The van der Waals surface area contributed by atoms with Crippen LogP contribution in [0.4, 0.5) is 10.7 Å². The molecule has 0 saturated carbocycles. The highest BCUT2D eigenvalue weighted by atomic mass is 32.1. The molecular formula is C20H20N4OS2. The topological polar surface area (TPSA) is 91.8 Å². The summed E-state index contributed by atoms with van der Waals surface area (Å²) < 4.78 is 0. The lowest BCUT2D eigenvalue weighted by Crippen LogP contribution is -2.12. The molecule has 1 unspecified atom stereocenters. The number of aromatic nitrogens is 1. The predicted octanol–water partition coefficient (Wildman–Crippen LogP) is 4.81. The number of carbonyl (C=O) groups is 1. The molecule has 0 aliphatic heterocycles. The molecule has 1 aliphatic carbocycles. The van der Waals surface area contributed by atoms with E-state index in [1.54, 1.807) is 0 Å². The molecule has 0 saturated heterocycles. The number of nitrogens with zero attached hydrogens (tertiary/aromatic N) is 2. The van der Waals surface area contributed by atoms with Gasteiger partial charge in [-0.2, -0.15) is 5.26 Å². The van der Waals surface area contributed by atoms with Crippen LogP contribution < -0.4 is 11.1 Å². The van der Waals surface area contributed by atoms with Crippen molar-refractivity contribution in [1.29, 1.82) is 5.26 Å². The zero-order valence-corrected chi connectivity index (χ0v) is 17.1. The van der Waals surface area contributed by atoms with E-state index in [1.807, 2.05) is 19.9 Å². The molecule has 7 heteroatoms. The van der Waals surface area contributed by atoms with Crippen molar-refractivity contribution in [3.8, 4) is 6.07 Å². The first-order valence-electron chi connectivity index (χ1n) is 8.91. The second-order valence-corrected chi connectivity index (χ2v) is 9.33. The van der Waals surface area contributed by atoms with Crippen molar-refractivity contribution in [2.24, 2.45) is 5.92 Å². The number of carbonyl (C=O) groups excluding carboxylic acids is 1. The van der Waals surface area contributed by atoms with Crippen LogP contribution in [0.1, 0.15) is 50.3 Å². The van der Waals surface area contributed by atoms with Crippen LogP contribution in [0.3, 0.4) is 0 Å². The first kappa shape index (κ1) is 18.0. The summed E-state index contributed by atoms with van der Waals surface area (Å²) in [5, 5.41) is 14.0. The van der Waals surface area contributed by atoms with Crippen LogP contribution in [0.2, 0.25) is 0 Å². The quantitative estimate of drug-likeness (QED) is 0.650. The van der Waals surface area contributed by atoms with Crippen LogP contribution in [-0.2, 0) is 12.8 Å². The number of aryl methyl sites for hydroxylation is 2. The Kier molecular flexibility index (Phi) is 4.41. The number of pyridine rings is 1. The molecule has 3 N–H and O–H groups in total. The van der Waals surface area contributed by atoms with Crippen LogP contribution >= 0.6 is 22.7 Å². The second kappa shape index (κ2) is 6.63. The number of rotatable bonds is 2. The third-order valence-electron chi connectivity index (χ3n) is 5.08. The minimum absolute atomic E-state index is 0.268. The van der Waals surface area contributed by atoms with Crippen LogP contribution in [0.5, 0.6) is 0 Å². The number of anilines is 2. The molecule has 3 aromatic rings. The first-order valence-corrected chi connectivity index (χ1v) is 10.5. The van der Waals surface area contributed by atoms with Gasteiger partial charge >= 0.3 is 0 Å². The van der Waals surface area contributed by atoms with Gasteiger partial charge in [0.25, 0.3) is 5.91 Å². The van der Waals surface area contributed by atoms with Gasteiger partial charge in [-0.15, -0.1) is 22.7 Å². The summed E-state index contributed by atoms with van der Waals surface area (Å²) in [7, 11) is 0. The summed E-state index contributed by atoms with van der Waals surface area (Å²) in [6.07, 6.45) is 2.95. The Labute approximate surface area is 165 Å². The smallest absolute Gasteiger partial charge is 0.268 e. The summed E-state index contributed by atoms with van der Waals surface area (Å²) in [6, 6.07) is 4.26. The average Bonchev–Trinajstić information content (AvgIpc) is 3.11. The number of fused-ring (bicyclic) bond motifs is 2. The molecule has 0 radical (unpaired) electrons. The summed E-state index contributed by atoms with van der Waals surface area (Å²) in [6.45, 7) is 6.13. The fourth-order valence-corrected chi connectivity index (χ4v) is 6.22. The maximum Gasteiger partial charge on any atom is 0.268 e. The van der Waals surface area contributed by atoms with E-state index in [1.165, 1.54) is 27.6 Å². The molecule has 1 atom stereocenters. The van der Waals surface area contributed by atoms with Gasteiger partial charge in [0.1, 0.15) is 20.8 Å². The Bertz CT molecular complexity index is 1120. The molecule has 0 fully saturated rings. The number of nitrogen functional groups attached to an aromatic ring is 1. The fraction of sp³-hybridized carbons (Fsp3) is 0.350. The summed E-state index contributed by atoms with van der Waals surface area (Å²) in [4.78, 5) is 19.9. The lowest BCUT2D eigenvalue weighted by molar-refractivity contribution is 0.103. The zero-order chi connectivity index (χ0) is 19.3. The SMILES string of the molecule is Cc1cc(C)c2c(N)c(C(=O)Nc3sc4c(c3C#N)CCC(C)C4)sc2n1. The van der Waals surface area contributed by atoms with Crippen molar-refractivity contribution < 1.29 is 4.79 Å². The maximum atomic E-state index is 12.9. The van der Waals surface area contributed by atoms with Crippen molar-refractivity contribution in [2.45, 2.75) is 40.0 Å². The third-order valence-corrected chi connectivity index (χ3v) is 7.35. The number of nitrogens with one attached hydrogen (secondary N) is 1. The van der Waals surface area contributed by atoms with Crippen molar-refractivity contribution in [1.82, 2.24) is 4.98 Å². The van der Waals surface area contributed by atoms with Gasteiger partial charge in [0.15, 0.2) is 0 Å². The minimum Gasteiger partial charge on any atom is -0.397 e. The van der Waals surface area contributed by atoms with Crippen molar-refractivity contribution >= 4 is 49.5 Å². The highest BCUT2D eigenvalue weighted by Gasteiger charge is 2.26. The molecule has 1 aliphatic rings. The van der Waals surface area contributed by atoms with Gasteiger partial charge < -0.3 is 11.1 Å². The van der Waals surface area contributed by atoms with E-state index in [4.69, 9.17) is 5.73 Å². The monoisotopic (exact) mass is 396 g/mol. The number of thiophene rings is 2. The molecule has 0 bridgehead atoms. The lowest BCUT2D eigenvalue weighted by Gasteiger charge is -2.17. The van der Waals surface area contributed by atoms with Crippen LogP contribution in [0, 0.1) is 31.1 Å². The zero-order valence-electron chi connectivity index (χ0n) is 15.5. The molecule has 1 amide bonds. The van der Waals surface area contributed by atoms with E-state index in [2.05, 4.69) is 23.3 Å². The van der Waals surface area contributed by atoms with Crippen LogP contribution in [-0.4, -0.2) is 10.9 Å². The number of nitriles is 1. The average molecular weight is 397 g/mol. The minimum atomic E-state index is -0.268. The third kappa shape index (κ3) is 2.99.